The maximum absolute atomic E-state index is 13.8. The maximum Gasteiger partial charge on any atom is 0.389 e. The molecule has 0 aliphatic rings. The van der Waals surface area contributed by atoms with E-state index in [1.807, 2.05) is 0 Å². The zero-order valence-electron chi connectivity index (χ0n) is 44.2. The lowest BCUT2D eigenvalue weighted by atomic mass is 9.96. The lowest BCUT2D eigenvalue weighted by Crippen LogP contribution is -2.41. The summed E-state index contributed by atoms with van der Waals surface area (Å²) in [4.78, 5) is 43.3. The third kappa shape index (κ3) is 42.3. The fraction of sp³-hybridized carbons (Fsp3) is 0.946. The van der Waals surface area contributed by atoms with Crippen molar-refractivity contribution in [1.82, 2.24) is 9.80 Å². The molecule has 0 aromatic carbocycles. The van der Waals surface area contributed by atoms with Gasteiger partial charge in [0.15, 0.2) is 0 Å². The Morgan fingerprint density at radius 3 is 1.21 bits per heavy atom. The minimum Gasteiger partial charge on any atom is -0.465 e. The Bertz CT molecular complexity index is 1050. The van der Waals surface area contributed by atoms with Crippen molar-refractivity contribution in [3.63, 3.8) is 0 Å². The molecule has 0 spiro atoms. The topological polar surface area (TPSA) is 76.2 Å². The van der Waals surface area contributed by atoms with Gasteiger partial charge in [-0.25, -0.2) is 0 Å². The molecular weight excluding hydrogens is 838 g/mol. The Hall–Kier alpha value is -1.84. The molecule has 0 saturated carbocycles. The number of esters is 2. The summed E-state index contributed by atoms with van der Waals surface area (Å²) in [6.45, 7) is 11.6. The first-order valence-corrected chi connectivity index (χ1v) is 28.2. The van der Waals surface area contributed by atoms with E-state index in [9.17, 15) is 27.6 Å². The van der Waals surface area contributed by atoms with Gasteiger partial charge in [0, 0.05) is 38.3 Å². The second-order valence-electron chi connectivity index (χ2n) is 20.3. The molecule has 0 aliphatic heterocycles. The highest BCUT2D eigenvalue weighted by Crippen LogP contribution is 2.25. The smallest absolute Gasteiger partial charge is 0.389 e. The summed E-state index contributed by atoms with van der Waals surface area (Å²) in [6, 6.07) is 0.162. The first-order valence-electron chi connectivity index (χ1n) is 28.2. The summed E-state index contributed by atoms with van der Waals surface area (Å²) < 4.78 is 49.5. The molecule has 2 unspecified atom stereocenters. The number of nitrogens with zero attached hydrogens (tertiary/aromatic N) is 2. The van der Waals surface area contributed by atoms with Gasteiger partial charge in [0.1, 0.15) is 0 Å². The summed E-state index contributed by atoms with van der Waals surface area (Å²) in [5, 5.41) is 0. The Labute approximate surface area is 406 Å². The summed E-state index contributed by atoms with van der Waals surface area (Å²) in [7, 11) is 4.11. The minimum atomic E-state index is -4.12. The molecule has 0 heterocycles. The molecule has 0 N–H and O–H groups in total. The van der Waals surface area contributed by atoms with Crippen molar-refractivity contribution < 1.29 is 37.0 Å². The van der Waals surface area contributed by atoms with E-state index in [4.69, 9.17) is 9.47 Å². The van der Waals surface area contributed by atoms with E-state index in [0.29, 0.717) is 70.1 Å². The molecule has 0 aromatic heterocycles. The van der Waals surface area contributed by atoms with Crippen LogP contribution in [0.1, 0.15) is 278 Å². The highest BCUT2D eigenvalue weighted by Gasteiger charge is 2.26. The minimum absolute atomic E-state index is 0.0530. The predicted molar refractivity (Wildman–Crippen MR) is 272 cm³/mol. The fourth-order valence-corrected chi connectivity index (χ4v) is 9.23. The van der Waals surface area contributed by atoms with Crippen molar-refractivity contribution in [3.8, 4) is 0 Å². The van der Waals surface area contributed by atoms with Gasteiger partial charge in [-0.05, 0) is 103 Å². The van der Waals surface area contributed by atoms with Gasteiger partial charge < -0.3 is 19.3 Å². The molecule has 0 aromatic rings. The third-order valence-electron chi connectivity index (χ3n) is 13.5. The maximum atomic E-state index is 13.8. The summed E-state index contributed by atoms with van der Waals surface area (Å²) in [5.74, 6) is 1.02. The monoisotopic (exact) mass is 945 g/mol. The second kappa shape index (κ2) is 45.6. The zero-order valence-corrected chi connectivity index (χ0v) is 44.2. The molecule has 1 amide bonds. The average molecular weight is 945 g/mol. The Kier molecular flexibility index (Phi) is 44.3. The van der Waals surface area contributed by atoms with Crippen molar-refractivity contribution in [2.24, 2.45) is 11.8 Å². The Morgan fingerprint density at radius 1 is 0.424 bits per heavy atom. The van der Waals surface area contributed by atoms with Crippen LogP contribution in [0.5, 0.6) is 0 Å². The van der Waals surface area contributed by atoms with E-state index in [1.54, 1.807) is 0 Å². The second-order valence-corrected chi connectivity index (χ2v) is 20.3. The number of amides is 1. The third-order valence-corrected chi connectivity index (χ3v) is 13.5. The van der Waals surface area contributed by atoms with E-state index < -0.39 is 12.6 Å². The van der Waals surface area contributed by atoms with Gasteiger partial charge in [0.2, 0.25) is 5.91 Å². The fourth-order valence-electron chi connectivity index (χ4n) is 9.23. The van der Waals surface area contributed by atoms with E-state index in [1.165, 1.54) is 77.0 Å². The van der Waals surface area contributed by atoms with Crippen molar-refractivity contribution in [3.05, 3.63) is 0 Å². The number of halogens is 3. The largest absolute Gasteiger partial charge is 0.465 e. The molecule has 0 aliphatic carbocycles. The standard InChI is InChI=1S/C56H107F3N2O5/c1-7-11-15-27-38-50(36-13-9-3)48-65-54(63)43-32-23-19-17-21-29-40-52(61(47-35-46-60(5)6)53(62)42-31-25-26-34-45-56(57,58)59)41-30-22-18-20-24-33-44-55(64)66-49-51(37-14-10-4)39-28-16-12-8-2/h50-52H,7-49H2,1-6H3. The van der Waals surface area contributed by atoms with Crippen LogP contribution in [0.15, 0.2) is 0 Å². The summed E-state index contributed by atoms with van der Waals surface area (Å²) in [5.41, 5.74) is 0. The van der Waals surface area contributed by atoms with Crippen LogP contribution in [0.25, 0.3) is 0 Å². The van der Waals surface area contributed by atoms with Gasteiger partial charge in [0.05, 0.1) is 13.2 Å². The first kappa shape index (κ1) is 64.2. The quantitative estimate of drug-likeness (QED) is 0.0447. The van der Waals surface area contributed by atoms with Crippen LogP contribution >= 0.6 is 0 Å². The number of carbonyl (C=O) groups excluding carboxylic acids is 3. The highest BCUT2D eigenvalue weighted by atomic mass is 19.4. The van der Waals surface area contributed by atoms with Crippen molar-refractivity contribution in [2.45, 2.75) is 290 Å². The molecule has 7 nitrogen and oxygen atoms in total. The Balaban J connectivity index is 5.05. The molecule has 66 heavy (non-hydrogen) atoms. The van der Waals surface area contributed by atoms with Crippen LogP contribution in [0.3, 0.4) is 0 Å². The molecule has 0 rings (SSSR count). The van der Waals surface area contributed by atoms with E-state index in [0.717, 1.165) is 129 Å². The molecule has 0 bridgehead atoms. The van der Waals surface area contributed by atoms with Gasteiger partial charge in [-0.1, -0.05) is 182 Å². The molecular formula is C56H107F3N2O5. The van der Waals surface area contributed by atoms with Gasteiger partial charge in [-0.3, -0.25) is 14.4 Å². The number of hydrogen-bond acceptors (Lipinski definition) is 6. The van der Waals surface area contributed by atoms with Crippen LogP contribution in [0.2, 0.25) is 0 Å². The molecule has 2 atom stereocenters. The average Bonchev–Trinajstić information content (AvgIpc) is 3.28. The molecule has 0 radical (unpaired) electrons. The SMILES string of the molecule is CCCCCCC(CCCC)COC(=O)CCCCCCCCC(CCCCCCCCC(=O)OCC(CCCC)CCCCCC)N(CCCN(C)C)C(=O)CCCCCCC(F)(F)F. The van der Waals surface area contributed by atoms with E-state index in [-0.39, 0.29) is 30.3 Å². The number of ether oxygens (including phenoxy) is 2. The number of carbonyl (C=O) groups is 3. The lowest BCUT2D eigenvalue weighted by molar-refractivity contribution is -0.146. The van der Waals surface area contributed by atoms with Crippen LogP contribution < -0.4 is 0 Å². The van der Waals surface area contributed by atoms with Crippen LogP contribution in [0.4, 0.5) is 13.2 Å². The van der Waals surface area contributed by atoms with Gasteiger partial charge in [-0.15, -0.1) is 0 Å². The summed E-state index contributed by atoms with van der Waals surface area (Å²) >= 11 is 0. The molecule has 392 valence electrons. The predicted octanol–water partition coefficient (Wildman–Crippen LogP) is 16.9. The van der Waals surface area contributed by atoms with Crippen molar-refractivity contribution >= 4 is 17.8 Å². The van der Waals surface area contributed by atoms with Crippen LogP contribution in [-0.4, -0.2) is 80.3 Å². The van der Waals surface area contributed by atoms with Crippen LogP contribution in [-0.2, 0) is 23.9 Å². The van der Waals surface area contributed by atoms with E-state index in [2.05, 4.69) is 51.6 Å². The summed E-state index contributed by atoms with van der Waals surface area (Å²) in [6.07, 6.45) is 33.0. The molecule has 0 fully saturated rings. The van der Waals surface area contributed by atoms with Gasteiger partial charge in [0.25, 0.3) is 0 Å². The van der Waals surface area contributed by atoms with Crippen molar-refractivity contribution in [1.29, 1.82) is 0 Å². The van der Waals surface area contributed by atoms with Gasteiger partial charge >= 0.3 is 18.1 Å². The highest BCUT2D eigenvalue weighted by molar-refractivity contribution is 5.76. The number of rotatable bonds is 49. The zero-order chi connectivity index (χ0) is 48.9. The molecule has 10 heteroatoms. The van der Waals surface area contributed by atoms with E-state index >= 15 is 0 Å². The number of alkyl halides is 3. The van der Waals surface area contributed by atoms with Gasteiger partial charge in [-0.2, -0.15) is 13.2 Å². The number of hydrogen-bond donors (Lipinski definition) is 0. The molecule has 0 saturated heterocycles. The van der Waals surface area contributed by atoms with Crippen LogP contribution in [0, 0.1) is 11.8 Å². The normalized spacial score (nSPS) is 13.2. The first-order chi connectivity index (χ1) is 31.9. The lowest BCUT2D eigenvalue weighted by Gasteiger charge is -2.33. The van der Waals surface area contributed by atoms with Crippen molar-refractivity contribution in [2.75, 3.05) is 40.4 Å². The Morgan fingerprint density at radius 2 is 0.788 bits per heavy atom. The number of unbranched alkanes of at least 4 members (excludes halogenated alkanes) is 21.